The van der Waals surface area contributed by atoms with E-state index in [-0.39, 0.29) is 11.8 Å². The van der Waals surface area contributed by atoms with Gasteiger partial charge in [-0.25, -0.2) is 14.8 Å². The summed E-state index contributed by atoms with van der Waals surface area (Å²) in [5.74, 6) is 1.54. The van der Waals surface area contributed by atoms with Gasteiger partial charge in [0, 0.05) is 38.2 Å². The first kappa shape index (κ1) is 27.8. The quantitative estimate of drug-likeness (QED) is 0.439. The van der Waals surface area contributed by atoms with E-state index in [1.165, 1.54) is 15.3 Å². The van der Waals surface area contributed by atoms with Crippen molar-refractivity contribution in [1.29, 1.82) is 0 Å². The van der Waals surface area contributed by atoms with Gasteiger partial charge in [-0.2, -0.15) is 0 Å². The van der Waals surface area contributed by atoms with Crippen molar-refractivity contribution in [2.45, 2.75) is 52.2 Å². The molecule has 40 heavy (non-hydrogen) atoms. The summed E-state index contributed by atoms with van der Waals surface area (Å²) in [6, 6.07) is 4.02. The second-order valence-corrected chi connectivity index (χ2v) is 12.6. The maximum atomic E-state index is 12.6. The number of anilines is 2. The van der Waals surface area contributed by atoms with Crippen molar-refractivity contribution in [2.24, 2.45) is 10.9 Å². The molecule has 0 saturated heterocycles. The highest BCUT2D eigenvalue weighted by molar-refractivity contribution is 7.19. The molecule has 2 aliphatic rings. The first-order valence-electron chi connectivity index (χ1n) is 13.5. The Labute approximate surface area is 238 Å². The van der Waals surface area contributed by atoms with Gasteiger partial charge >= 0.3 is 6.09 Å². The van der Waals surface area contributed by atoms with E-state index >= 15 is 0 Å². The van der Waals surface area contributed by atoms with Gasteiger partial charge in [-0.1, -0.05) is 0 Å². The summed E-state index contributed by atoms with van der Waals surface area (Å²) in [5, 5.41) is 4.52. The van der Waals surface area contributed by atoms with Crippen LogP contribution in [0.4, 0.5) is 16.3 Å². The number of likely N-dealkylation sites (N-methyl/N-ethyl adjacent to an activating group) is 1. The predicted molar refractivity (Wildman–Crippen MR) is 157 cm³/mol. The number of hydrogen-bond acceptors (Lipinski definition) is 9. The van der Waals surface area contributed by atoms with Crippen molar-refractivity contribution in [2.75, 3.05) is 39.6 Å². The Balaban J connectivity index is 1.38. The van der Waals surface area contributed by atoms with Crippen LogP contribution >= 0.6 is 11.3 Å². The molecule has 3 heterocycles. The van der Waals surface area contributed by atoms with Gasteiger partial charge in [-0.15, -0.1) is 11.3 Å². The van der Waals surface area contributed by atoms with E-state index in [4.69, 9.17) is 9.47 Å². The van der Waals surface area contributed by atoms with E-state index in [9.17, 15) is 9.59 Å². The van der Waals surface area contributed by atoms with Crippen LogP contribution in [0.15, 0.2) is 23.5 Å². The van der Waals surface area contributed by atoms with E-state index in [0.29, 0.717) is 31.3 Å². The smallest absolute Gasteiger partial charge is 0.410 e. The van der Waals surface area contributed by atoms with Crippen LogP contribution in [0.25, 0.3) is 10.2 Å². The fourth-order valence-electron chi connectivity index (χ4n) is 4.99. The van der Waals surface area contributed by atoms with Gasteiger partial charge in [0.1, 0.15) is 34.9 Å². The van der Waals surface area contributed by atoms with Gasteiger partial charge in [-0.05, 0) is 68.9 Å². The molecule has 11 heteroatoms. The Morgan fingerprint density at radius 1 is 1.18 bits per heavy atom. The molecular weight excluding hydrogens is 528 g/mol. The Morgan fingerprint density at radius 2 is 1.98 bits per heavy atom. The lowest BCUT2D eigenvalue weighted by Crippen LogP contribution is -2.36. The lowest BCUT2D eigenvalue weighted by atomic mass is 9.87. The molecule has 0 unspecified atom stereocenters. The molecule has 10 nitrogen and oxygen atoms in total. The molecule has 5 rings (SSSR count). The van der Waals surface area contributed by atoms with Crippen molar-refractivity contribution in [3.05, 3.63) is 40.0 Å². The lowest BCUT2D eigenvalue weighted by Gasteiger charge is -2.25. The average Bonchev–Trinajstić information content (AvgIpc) is 3.50. The van der Waals surface area contributed by atoms with Crippen molar-refractivity contribution < 1.29 is 19.1 Å². The molecule has 3 aromatic rings. The second-order valence-electron chi connectivity index (χ2n) is 11.5. The highest BCUT2D eigenvalue weighted by Crippen LogP contribution is 2.42. The third-order valence-corrected chi connectivity index (χ3v) is 8.17. The van der Waals surface area contributed by atoms with Crippen molar-refractivity contribution in [1.82, 2.24) is 19.8 Å². The number of aryl methyl sites for hydroxylation is 1. The first-order valence-corrected chi connectivity index (χ1v) is 14.3. The molecule has 212 valence electrons. The van der Waals surface area contributed by atoms with Gasteiger partial charge in [0.15, 0.2) is 0 Å². The molecule has 0 bridgehead atoms. The fraction of sp³-hybridized carbons (Fsp3) is 0.483. The van der Waals surface area contributed by atoms with Gasteiger partial charge in [-0.3, -0.25) is 9.79 Å². The number of aliphatic imine (C=N–C) groups is 1. The van der Waals surface area contributed by atoms with Gasteiger partial charge in [0.05, 0.1) is 24.2 Å². The molecule has 1 atom stereocenters. The number of rotatable bonds is 7. The Kier molecular flexibility index (Phi) is 7.67. The van der Waals surface area contributed by atoms with E-state index in [1.54, 1.807) is 29.6 Å². The van der Waals surface area contributed by atoms with Crippen LogP contribution in [-0.2, 0) is 28.9 Å². The van der Waals surface area contributed by atoms with Crippen molar-refractivity contribution >= 4 is 51.3 Å². The average molecular weight is 565 g/mol. The molecule has 1 aliphatic heterocycles. The number of amides is 2. The normalized spacial score (nSPS) is 15.9. The van der Waals surface area contributed by atoms with Gasteiger partial charge < -0.3 is 24.6 Å². The predicted octanol–water partition coefficient (Wildman–Crippen LogP) is 4.81. The van der Waals surface area contributed by atoms with Crippen LogP contribution in [0.2, 0.25) is 0 Å². The van der Waals surface area contributed by atoms with Crippen LogP contribution in [0.1, 0.15) is 48.8 Å². The van der Waals surface area contributed by atoms with E-state index in [1.807, 2.05) is 53.2 Å². The number of benzene rings is 1. The maximum absolute atomic E-state index is 12.6. The Morgan fingerprint density at radius 3 is 2.73 bits per heavy atom. The molecule has 0 spiro atoms. The van der Waals surface area contributed by atoms with Crippen LogP contribution < -0.4 is 10.1 Å². The third kappa shape index (κ3) is 5.89. The highest BCUT2D eigenvalue weighted by atomic mass is 32.1. The largest absolute Gasteiger partial charge is 0.490 e. The summed E-state index contributed by atoms with van der Waals surface area (Å²) in [5.41, 5.74) is 3.54. The number of thiophene rings is 1. The molecule has 1 N–H and O–H groups in total. The number of ether oxygens (including phenoxy) is 2. The van der Waals surface area contributed by atoms with Crippen molar-refractivity contribution in [3.8, 4) is 5.75 Å². The molecule has 1 aliphatic carbocycles. The number of nitrogens with zero attached hydrogens (tertiary/aromatic N) is 5. The monoisotopic (exact) mass is 564 g/mol. The summed E-state index contributed by atoms with van der Waals surface area (Å²) in [6.45, 7) is 6.79. The van der Waals surface area contributed by atoms with Crippen LogP contribution in [0, 0.1) is 5.92 Å². The number of carbonyl (C=O) groups is 2. The van der Waals surface area contributed by atoms with Gasteiger partial charge in [0.25, 0.3) is 0 Å². The van der Waals surface area contributed by atoms with Crippen molar-refractivity contribution in [3.63, 3.8) is 0 Å². The molecule has 0 fully saturated rings. The van der Waals surface area contributed by atoms with Crippen LogP contribution in [0.3, 0.4) is 0 Å². The Bertz CT molecular complexity index is 1480. The Hall–Kier alpha value is -3.73. The fourth-order valence-corrected chi connectivity index (χ4v) is 6.25. The highest BCUT2D eigenvalue weighted by Gasteiger charge is 2.30. The topological polar surface area (TPSA) is 109 Å². The minimum absolute atomic E-state index is 0.00487. The maximum Gasteiger partial charge on any atom is 0.410 e. The zero-order chi connectivity index (χ0) is 28.6. The number of aromatic nitrogens is 2. The van der Waals surface area contributed by atoms with Crippen LogP contribution in [0.5, 0.6) is 5.75 Å². The second kappa shape index (κ2) is 11.0. The molecule has 2 aromatic heterocycles. The number of hydrogen-bond donors (Lipinski definition) is 1. The standard InChI is InChI=1S/C29H36N6O4S/c1-29(2,3)39-28(37)35(6)9-10-38-22-12-19-15-30-14-18(19)11-21(22)33-25-24-20-8-7-17(27(36)34(4)5)13-23(20)40-26(24)32-16-31-25/h11-12,14,16-17H,7-10,13,15H2,1-6H3,(H,31,32,33)/t17-/m0/s1. The summed E-state index contributed by atoms with van der Waals surface area (Å²) in [7, 11) is 5.32. The molecular formula is C29H36N6O4S. The molecule has 1 aromatic carbocycles. The third-order valence-electron chi connectivity index (χ3n) is 7.01. The first-order chi connectivity index (χ1) is 19.0. The number of nitrogens with one attached hydrogen (secondary N) is 1. The number of fused-ring (bicyclic) bond motifs is 4. The van der Waals surface area contributed by atoms with E-state index < -0.39 is 11.7 Å². The SMILES string of the molecule is CN(C)C(=O)[C@H]1CCc2c(sc3ncnc(Nc4cc5c(cc4OCCN(C)C(=O)OC(C)(C)C)CN=C5)c23)C1. The summed E-state index contributed by atoms with van der Waals surface area (Å²) >= 11 is 1.64. The number of carbonyl (C=O) groups excluding carboxylic acids is 2. The minimum Gasteiger partial charge on any atom is -0.490 e. The molecule has 2 amide bonds. The van der Waals surface area contributed by atoms with E-state index in [2.05, 4.69) is 20.3 Å². The van der Waals surface area contributed by atoms with Crippen LogP contribution in [-0.4, -0.2) is 77.9 Å². The summed E-state index contributed by atoms with van der Waals surface area (Å²) in [6.07, 6.45) is 5.38. The summed E-state index contributed by atoms with van der Waals surface area (Å²) < 4.78 is 11.6. The zero-order valence-electron chi connectivity index (χ0n) is 23.9. The molecule has 0 saturated carbocycles. The van der Waals surface area contributed by atoms with Gasteiger partial charge in [0.2, 0.25) is 5.91 Å². The summed E-state index contributed by atoms with van der Waals surface area (Å²) in [4.78, 5) is 43.9. The minimum atomic E-state index is -0.560. The lowest BCUT2D eigenvalue weighted by molar-refractivity contribution is -0.133. The zero-order valence-corrected chi connectivity index (χ0v) is 24.7. The molecule has 0 radical (unpaired) electrons. The van der Waals surface area contributed by atoms with E-state index in [0.717, 1.165) is 46.3 Å².